The zero-order valence-corrected chi connectivity index (χ0v) is 11.5. The Balaban J connectivity index is 2.39. The van der Waals surface area contributed by atoms with Gasteiger partial charge in [0.1, 0.15) is 0 Å². The Hall–Kier alpha value is -1.10. The molecule has 1 unspecified atom stereocenters. The molecule has 0 fully saturated rings. The quantitative estimate of drug-likeness (QED) is 0.798. The van der Waals surface area contributed by atoms with Crippen molar-refractivity contribution in [2.45, 2.75) is 41.2 Å². The van der Waals surface area contributed by atoms with Crippen LogP contribution in [0.1, 0.15) is 40.5 Å². The lowest BCUT2D eigenvalue weighted by molar-refractivity contribution is 0.273. The molecule has 1 aromatic heterocycles. The average molecular weight is 240 g/mol. The zero-order valence-electron chi connectivity index (χ0n) is 11.5. The molecule has 0 radical (unpaired) electrons. The predicted molar refractivity (Wildman–Crippen MR) is 68.8 cm³/mol. The first-order valence-electron chi connectivity index (χ1n) is 6.20. The van der Waals surface area contributed by atoms with Crippen LogP contribution in [-0.4, -0.2) is 23.3 Å². The third kappa shape index (κ3) is 4.73. The van der Waals surface area contributed by atoms with Gasteiger partial charge >= 0.3 is 6.01 Å². The maximum atomic E-state index is 5.45. The smallest absolute Gasteiger partial charge is 0.315 e. The number of nitrogens with zero attached hydrogens (tertiary/aromatic N) is 2. The van der Waals surface area contributed by atoms with Gasteiger partial charge in [-0.25, -0.2) is 0 Å². The van der Waals surface area contributed by atoms with Crippen LogP contribution in [0, 0.1) is 11.3 Å². The first-order valence-corrected chi connectivity index (χ1v) is 6.20. The van der Waals surface area contributed by atoms with E-state index in [0.29, 0.717) is 24.4 Å². The van der Waals surface area contributed by atoms with E-state index in [4.69, 9.17) is 4.42 Å². The van der Waals surface area contributed by atoms with Gasteiger partial charge in [-0.1, -0.05) is 39.7 Å². The van der Waals surface area contributed by atoms with Gasteiger partial charge in [-0.2, -0.15) is 0 Å². The minimum atomic E-state index is 0.277. The fourth-order valence-electron chi connectivity index (χ4n) is 1.18. The highest BCUT2D eigenvalue weighted by atomic mass is 16.4. The normalized spacial score (nSPS) is 13.7. The van der Waals surface area contributed by atoms with Crippen molar-refractivity contribution in [2.24, 2.45) is 11.3 Å². The van der Waals surface area contributed by atoms with E-state index < -0.39 is 0 Å². The predicted octanol–water partition coefficient (Wildman–Crippen LogP) is 2.27. The Morgan fingerprint density at radius 3 is 2.59 bits per heavy atom. The summed E-state index contributed by atoms with van der Waals surface area (Å²) in [6.07, 6.45) is 0. The first-order chi connectivity index (χ1) is 7.93. The van der Waals surface area contributed by atoms with E-state index in [1.807, 2.05) is 6.92 Å². The minimum Gasteiger partial charge on any atom is -0.407 e. The highest BCUT2D eigenvalue weighted by molar-refractivity contribution is 5.17. The summed E-state index contributed by atoms with van der Waals surface area (Å²) >= 11 is 0. The second-order valence-corrected chi connectivity index (χ2v) is 5.43. The van der Waals surface area contributed by atoms with Crippen molar-refractivity contribution in [3.8, 4) is 0 Å². The highest BCUT2D eigenvalue weighted by Gasteiger charge is 2.20. The van der Waals surface area contributed by atoms with Gasteiger partial charge in [0.25, 0.3) is 0 Å². The SMILES string of the molecule is CCNCc1nnc(NCC(C)C(C)(C)C)o1. The summed E-state index contributed by atoms with van der Waals surface area (Å²) in [5.41, 5.74) is 0.277. The molecular weight excluding hydrogens is 216 g/mol. The van der Waals surface area contributed by atoms with Crippen molar-refractivity contribution in [1.29, 1.82) is 0 Å². The van der Waals surface area contributed by atoms with E-state index in [2.05, 4.69) is 48.5 Å². The standard InChI is InChI=1S/C12H24N4O/c1-6-13-8-10-15-16-11(17-10)14-7-9(2)12(3,4)5/h9,13H,6-8H2,1-5H3,(H,14,16). The molecule has 5 nitrogen and oxygen atoms in total. The third-order valence-corrected chi connectivity index (χ3v) is 3.03. The lowest BCUT2D eigenvalue weighted by atomic mass is 9.82. The minimum absolute atomic E-state index is 0.277. The molecule has 1 atom stereocenters. The van der Waals surface area contributed by atoms with Gasteiger partial charge in [0.15, 0.2) is 0 Å². The van der Waals surface area contributed by atoms with Gasteiger partial charge < -0.3 is 15.1 Å². The summed E-state index contributed by atoms with van der Waals surface area (Å²) in [6.45, 7) is 13.3. The lowest BCUT2D eigenvalue weighted by Gasteiger charge is -2.26. The number of hydrogen-bond donors (Lipinski definition) is 2. The van der Waals surface area contributed by atoms with Crippen LogP contribution >= 0.6 is 0 Å². The number of rotatable bonds is 6. The van der Waals surface area contributed by atoms with Crippen LogP contribution in [0.4, 0.5) is 6.01 Å². The Morgan fingerprint density at radius 1 is 1.29 bits per heavy atom. The van der Waals surface area contributed by atoms with Gasteiger partial charge in [0.2, 0.25) is 5.89 Å². The van der Waals surface area contributed by atoms with Crippen molar-refractivity contribution < 1.29 is 4.42 Å². The molecule has 0 amide bonds. The third-order valence-electron chi connectivity index (χ3n) is 3.03. The molecule has 5 heteroatoms. The molecule has 0 aliphatic rings. The molecule has 0 bridgehead atoms. The zero-order chi connectivity index (χ0) is 12.9. The molecule has 1 rings (SSSR count). The molecule has 98 valence electrons. The molecule has 0 saturated heterocycles. The van der Waals surface area contributed by atoms with Gasteiger partial charge in [-0.15, -0.1) is 5.10 Å². The van der Waals surface area contributed by atoms with Crippen molar-refractivity contribution in [2.75, 3.05) is 18.4 Å². The van der Waals surface area contributed by atoms with Crippen LogP contribution < -0.4 is 10.6 Å². The summed E-state index contributed by atoms with van der Waals surface area (Å²) in [5, 5.41) is 14.2. The second-order valence-electron chi connectivity index (χ2n) is 5.43. The van der Waals surface area contributed by atoms with Crippen LogP contribution in [0.3, 0.4) is 0 Å². The lowest BCUT2D eigenvalue weighted by Crippen LogP contribution is -2.24. The molecule has 1 heterocycles. The molecular formula is C12H24N4O. The molecule has 0 spiro atoms. The summed E-state index contributed by atoms with van der Waals surface area (Å²) < 4.78 is 5.45. The van der Waals surface area contributed by atoms with Crippen LogP contribution in [0.15, 0.2) is 4.42 Å². The highest BCUT2D eigenvalue weighted by Crippen LogP contribution is 2.25. The molecule has 0 aliphatic heterocycles. The van der Waals surface area contributed by atoms with E-state index in [9.17, 15) is 0 Å². The van der Waals surface area contributed by atoms with Crippen molar-refractivity contribution in [3.05, 3.63) is 5.89 Å². The van der Waals surface area contributed by atoms with Crippen molar-refractivity contribution in [1.82, 2.24) is 15.5 Å². The van der Waals surface area contributed by atoms with Gasteiger partial charge in [0.05, 0.1) is 6.54 Å². The fourth-order valence-corrected chi connectivity index (χ4v) is 1.18. The van der Waals surface area contributed by atoms with E-state index in [1.165, 1.54) is 0 Å². The molecule has 17 heavy (non-hydrogen) atoms. The van der Waals surface area contributed by atoms with Crippen LogP contribution in [-0.2, 0) is 6.54 Å². The largest absolute Gasteiger partial charge is 0.407 e. The van der Waals surface area contributed by atoms with E-state index >= 15 is 0 Å². The molecule has 0 aromatic carbocycles. The Morgan fingerprint density at radius 2 is 2.00 bits per heavy atom. The maximum absolute atomic E-state index is 5.45. The van der Waals surface area contributed by atoms with Crippen molar-refractivity contribution in [3.63, 3.8) is 0 Å². The summed E-state index contributed by atoms with van der Waals surface area (Å²) in [5.74, 6) is 1.16. The number of anilines is 1. The number of nitrogens with one attached hydrogen (secondary N) is 2. The van der Waals surface area contributed by atoms with Gasteiger partial charge in [0, 0.05) is 6.54 Å². The van der Waals surface area contributed by atoms with E-state index in [-0.39, 0.29) is 5.41 Å². The van der Waals surface area contributed by atoms with E-state index in [0.717, 1.165) is 13.1 Å². The van der Waals surface area contributed by atoms with Crippen LogP contribution in [0.25, 0.3) is 0 Å². The van der Waals surface area contributed by atoms with E-state index in [1.54, 1.807) is 0 Å². The summed E-state index contributed by atoms with van der Waals surface area (Å²) in [4.78, 5) is 0. The fraction of sp³-hybridized carbons (Fsp3) is 0.833. The Labute approximate surface area is 103 Å². The number of hydrogen-bond acceptors (Lipinski definition) is 5. The molecule has 2 N–H and O–H groups in total. The maximum Gasteiger partial charge on any atom is 0.315 e. The topological polar surface area (TPSA) is 63.0 Å². The molecule has 1 aromatic rings. The second kappa shape index (κ2) is 6.00. The Kier molecular flexibility index (Phi) is 4.93. The summed E-state index contributed by atoms with van der Waals surface area (Å²) in [7, 11) is 0. The average Bonchev–Trinajstić information content (AvgIpc) is 2.69. The van der Waals surface area contributed by atoms with Gasteiger partial charge in [-0.05, 0) is 17.9 Å². The molecule has 0 aliphatic carbocycles. The monoisotopic (exact) mass is 240 g/mol. The Bertz CT molecular complexity index is 329. The number of aromatic nitrogens is 2. The summed E-state index contributed by atoms with van der Waals surface area (Å²) in [6, 6.07) is 0.508. The van der Waals surface area contributed by atoms with Crippen LogP contribution in [0.5, 0.6) is 0 Å². The van der Waals surface area contributed by atoms with Gasteiger partial charge in [-0.3, -0.25) is 0 Å². The van der Waals surface area contributed by atoms with Crippen molar-refractivity contribution >= 4 is 6.01 Å². The van der Waals surface area contributed by atoms with Crippen LogP contribution in [0.2, 0.25) is 0 Å². The first kappa shape index (κ1) is 14.0. The molecule has 0 saturated carbocycles.